The Labute approximate surface area is 194 Å². The van der Waals surface area contributed by atoms with Crippen LogP contribution in [0.15, 0.2) is 12.4 Å². The molecule has 2 aromatic rings. The number of nitrogens with zero attached hydrogens (tertiary/aromatic N) is 5. The first kappa shape index (κ1) is 24.0. The fourth-order valence-corrected chi connectivity index (χ4v) is 5.25. The molecule has 0 spiro atoms. The second-order valence-electron chi connectivity index (χ2n) is 9.67. The van der Waals surface area contributed by atoms with E-state index < -0.39 is 61.1 Å². The normalized spacial score (nSPS) is 27.0. The molecular weight excluding hydrogens is 487 g/mol. The lowest BCUT2D eigenvalue weighted by molar-refractivity contribution is -0.177. The third-order valence-corrected chi connectivity index (χ3v) is 7.22. The van der Waals surface area contributed by atoms with Gasteiger partial charge in [-0.3, -0.25) is 0 Å². The number of nitrogens with one attached hydrogen (secondary N) is 1. The van der Waals surface area contributed by atoms with Crippen molar-refractivity contribution >= 4 is 11.8 Å². The maximum atomic E-state index is 14.0. The highest BCUT2D eigenvalue weighted by Gasteiger charge is 2.65. The van der Waals surface area contributed by atoms with Crippen molar-refractivity contribution in [3.8, 4) is 0 Å². The maximum absolute atomic E-state index is 14.0. The van der Waals surface area contributed by atoms with Crippen molar-refractivity contribution in [2.45, 2.75) is 74.2 Å². The van der Waals surface area contributed by atoms with E-state index in [2.05, 4.69) is 15.1 Å². The summed E-state index contributed by atoms with van der Waals surface area (Å²) in [6.07, 6.45) is -4.15. The average molecular weight is 509 g/mol. The Morgan fingerprint density at radius 1 is 1.09 bits per heavy atom. The van der Waals surface area contributed by atoms with Gasteiger partial charge in [-0.15, -0.1) is 0 Å². The van der Waals surface area contributed by atoms with E-state index in [1.165, 1.54) is 10.7 Å². The van der Waals surface area contributed by atoms with Gasteiger partial charge < -0.3 is 16.0 Å². The summed E-state index contributed by atoms with van der Waals surface area (Å²) in [5, 5.41) is 5.89. The zero-order valence-electron chi connectivity index (χ0n) is 18.2. The summed E-state index contributed by atoms with van der Waals surface area (Å²) in [4.78, 5) is 21.6. The van der Waals surface area contributed by atoms with Crippen molar-refractivity contribution in [2.24, 2.45) is 11.7 Å². The lowest BCUT2D eigenvalue weighted by Gasteiger charge is -2.51. The van der Waals surface area contributed by atoms with Crippen LogP contribution in [0.1, 0.15) is 56.0 Å². The molecule has 2 amide bonds. The standard InChI is InChI=1S/C20H22F7N7O/c21-18(22)3-1-10(2-4-18)14(28)11-6-34-15(30-11)31-12(5-29-34)17(8-19(23,24)9-17)33-7-13(20(25,26)27)32-16(33)35/h5-6,10,13-14H,1-4,7-9,28H2,(H,32,35). The van der Waals surface area contributed by atoms with E-state index in [1.54, 1.807) is 5.32 Å². The molecule has 1 saturated heterocycles. The van der Waals surface area contributed by atoms with Gasteiger partial charge in [0.05, 0.1) is 36.4 Å². The summed E-state index contributed by atoms with van der Waals surface area (Å²) in [6, 6.07) is -4.00. The van der Waals surface area contributed by atoms with Crippen molar-refractivity contribution in [1.29, 1.82) is 0 Å². The first-order valence-electron chi connectivity index (χ1n) is 11.1. The first-order chi connectivity index (χ1) is 16.2. The molecule has 3 heterocycles. The largest absolute Gasteiger partial charge is 0.410 e. The quantitative estimate of drug-likeness (QED) is 0.615. The molecule has 3 aliphatic rings. The summed E-state index contributed by atoms with van der Waals surface area (Å²) in [5.41, 5.74) is 4.67. The van der Waals surface area contributed by atoms with Crippen LogP contribution in [0.4, 0.5) is 35.5 Å². The highest BCUT2D eigenvalue weighted by molar-refractivity contribution is 5.78. The van der Waals surface area contributed by atoms with E-state index in [4.69, 9.17) is 5.73 Å². The SMILES string of the molecule is NC(c1cn2ncc(C3(N4CC(C(F)(F)F)NC4=O)CC(F)(F)C3)nc2n1)C1CCC(F)(F)CC1. The Kier molecular flexibility index (Phi) is 5.24. The molecule has 0 aromatic carbocycles. The van der Waals surface area contributed by atoms with E-state index in [0.29, 0.717) is 5.69 Å². The van der Waals surface area contributed by atoms with Crippen LogP contribution >= 0.6 is 0 Å². The highest BCUT2D eigenvalue weighted by atomic mass is 19.4. The summed E-state index contributed by atoms with van der Waals surface area (Å²) in [5.74, 6) is -6.21. The lowest BCUT2D eigenvalue weighted by Crippen LogP contribution is -2.61. The third-order valence-electron chi connectivity index (χ3n) is 7.22. The van der Waals surface area contributed by atoms with Gasteiger partial charge >= 0.3 is 12.2 Å². The minimum Gasteiger partial charge on any atom is -0.324 e. The second-order valence-corrected chi connectivity index (χ2v) is 9.67. The highest BCUT2D eigenvalue weighted by Crippen LogP contribution is 2.55. The molecule has 2 saturated carbocycles. The summed E-state index contributed by atoms with van der Waals surface area (Å²) >= 11 is 0. The molecule has 35 heavy (non-hydrogen) atoms. The molecule has 15 heteroatoms. The van der Waals surface area contributed by atoms with Crippen molar-refractivity contribution in [1.82, 2.24) is 29.8 Å². The Hall–Kier alpha value is -2.71. The van der Waals surface area contributed by atoms with Gasteiger partial charge in [-0.25, -0.2) is 36.8 Å². The molecule has 5 rings (SSSR count). The smallest absolute Gasteiger partial charge is 0.324 e. The van der Waals surface area contributed by atoms with Crippen molar-refractivity contribution in [3.05, 3.63) is 23.8 Å². The van der Waals surface area contributed by atoms with E-state index in [-0.39, 0.29) is 43.1 Å². The molecule has 3 N–H and O–H groups in total. The first-order valence-corrected chi connectivity index (χ1v) is 11.1. The van der Waals surface area contributed by atoms with E-state index in [0.717, 1.165) is 11.1 Å². The van der Waals surface area contributed by atoms with Gasteiger partial charge in [-0.05, 0) is 18.8 Å². The number of carbonyl (C=O) groups excluding carboxylic acids is 1. The number of rotatable bonds is 4. The van der Waals surface area contributed by atoms with Crippen molar-refractivity contribution < 1.29 is 35.5 Å². The summed E-state index contributed by atoms with van der Waals surface area (Å²) in [6.45, 7) is -0.845. The molecule has 1 aliphatic heterocycles. The van der Waals surface area contributed by atoms with Gasteiger partial charge in [0.2, 0.25) is 5.92 Å². The van der Waals surface area contributed by atoms with Crippen LogP contribution in [0, 0.1) is 5.92 Å². The summed E-state index contributed by atoms with van der Waals surface area (Å²) < 4.78 is 95.7. The monoisotopic (exact) mass is 509 g/mol. The van der Waals surface area contributed by atoms with Crippen LogP contribution in [0.25, 0.3) is 5.78 Å². The number of hydrogen-bond donors (Lipinski definition) is 2. The van der Waals surface area contributed by atoms with Gasteiger partial charge in [0.15, 0.2) is 0 Å². The maximum Gasteiger partial charge on any atom is 0.410 e. The molecule has 8 nitrogen and oxygen atoms in total. The van der Waals surface area contributed by atoms with Crippen molar-refractivity contribution in [2.75, 3.05) is 6.54 Å². The zero-order valence-corrected chi connectivity index (χ0v) is 18.2. The minimum absolute atomic E-state index is 0.0457. The number of aromatic nitrogens is 4. The Morgan fingerprint density at radius 2 is 1.74 bits per heavy atom. The zero-order chi connectivity index (χ0) is 25.4. The number of carbonyl (C=O) groups is 1. The molecule has 3 fully saturated rings. The van der Waals surface area contributed by atoms with Crippen LogP contribution in [0.3, 0.4) is 0 Å². The number of imidazole rings is 1. The fourth-order valence-electron chi connectivity index (χ4n) is 5.25. The van der Waals surface area contributed by atoms with Gasteiger partial charge in [0.25, 0.3) is 11.7 Å². The van der Waals surface area contributed by atoms with Gasteiger partial charge in [0.1, 0.15) is 11.6 Å². The number of halogens is 7. The number of hydrogen-bond acceptors (Lipinski definition) is 5. The molecule has 2 aliphatic carbocycles. The average Bonchev–Trinajstić information content (AvgIpc) is 3.34. The topological polar surface area (TPSA) is 101 Å². The Morgan fingerprint density at radius 3 is 2.31 bits per heavy atom. The van der Waals surface area contributed by atoms with E-state index >= 15 is 0 Å². The second kappa shape index (κ2) is 7.64. The van der Waals surface area contributed by atoms with E-state index in [9.17, 15) is 35.5 Å². The molecule has 2 unspecified atom stereocenters. The predicted molar refractivity (Wildman–Crippen MR) is 106 cm³/mol. The lowest BCUT2D eigenvalue weighted by atomic mass is 9.70. The third kappa shape index (κ3) is 4.16. The van der Waals surface area contributed by atoms with Crippen molar-refractivity contribution in [3.63, 3.8) is 0 Å². The van der Waals surface area contributed by atoms with Crippen LogP contribution in [-0.4, -0.2) is 61.1 Å². The van der Waals surface area contributed by atoms with Gasteiger partial charge in [0, 0.05) is 25.7 Å². The number of nitrogens with two attached hydrogens (primary N) is 1. The molecule has 2 atom stereocenters. The summed E-state index contributed by atoms with van der Waals surface area (Å²) in [7, 11) is 0. The minimum atomic E-state index is -4.75. The van der Waals surface area contributed by atoms with Crippen LogP contribution in [-0.2, 0) is 5.54 Å². The number of alkyl halides is 7. The molecule has 0 radical (unpaired) electrons. The van der Waals surface area contributed by atoms with E-state index in [1.807, 2.05) is 0 Å². The number of amides is 2. The molecule has 0 bridgehead atoms. The Balaban J connectivity index is 1.43. The fraction of sp³-hybridized carbons (Fsp3) is 0.700. The molecular formula is C20H22F7N7O. The number of urea groups is 1. The van der Waals surface area contributed by atoms with Gasteiger partial charge in [-0.2, -0.15) is 18.3 Å². The molecule has 2 aromatic heterocycles. The van der Waals surface area contributed by atoms with Crippen LogP contribution in [0.5, 0.6) is 0 Å². The van der Waals surface area contributed by atoms with Crippen LogP contribution in [0.2, 0.25) is 0 Å². The number of fused-ring (bicyclic) bond motifs is 1. The Bertz CT molecular complexity index is 1130. The van der Waals surface area contributed by atoms with Gasteiger partial charge in [-0.1, -0.05) is 0 Å². The molecule has 192 valence electrons. The van der Waals surface area contributed by atoms with Crippen LogP contribution < -0.4 is 11.1 Å². The predicted octanol–water partition coefficient (Wildman–Crippen LogP) is 3.53.